The van der Waals surface area contributed by atoms with Crippen molar-refractivity contribution in [3.63, 3.8) is 0 Å². The predicted molar refractivity (Wildman–Crippen MR) is 83.4 cm³/mol. The van der Waals surface area contributed by atoms with Crippen LogP contribution in [0, 0.1) is 0 Å². The standard InChI is InChI=1S/C15H13BrN2O4/c16-11-7-5-10(6-8-11)15(21)18-17-14(20)9-22-13-4-2-1-3-12(13)19/h1-8,19H,9H2,(H,17,20)(H,18,21). The van der Waals surface area contributed by atoms with Crippen molar-refractivity contribution in [2.75, 3.05) is 6.61 Å². The van der Waals surface area contributed by atoms with Gasteiger partial charge >= 0.3 is 0 Å². The monoisotopic (exact) mass is 364 g/mol. The van der Waals surface area contributed by atoms with E-state index >= 15 is 0 Å². The van der Waals surface area contributed by atoms with Crippen LogP contribution in [0.25, 0.3) is 0 Å². The number of hydrazine groups is 1. The van der Waals surface area contributed by atoms with Crippen LogP contribution in [0.3, 0.4) is 0 Å². The first-order valence-corrected chi connectivity index (χ1v) is 7.11. The maximum Gasteiger partial charge on any atom is 0.276 e. The average Bonchev–Trinajstić information content (AvgIpc) is 2.52. The molecule has 0 bridgehead atoms. The minimum atomic E-state index is -0.547. The molecule has 2 aromatic carbocycles. The lowest BCUT2D eigenvalue weighted by atomic mass is 10.2. The minimum Gasteiger partial charge on any atom is -0.504 e. The lowest BCUT2D eigenvalue weighted by molar-refractivity contribution is -0.123. The van der Waals surface area contributed by atoms with Gasteiger partial charge in [-0.2, -0.15) is 0 Å². The Hall–Kier alpha value is -2.54. The highest BCUT2D eigenvalue weighted by atomic mass is 79.9. The third-order valence-electron chi connectivity index (χ3n) is 2.65. The van der Waals surface area contributed by atoms with Gasteiger partial charge in [0.1, 0.15) is 0 Å². The Labute approximate surface area is 135 Å². The zero-order valence-electron chi connectivity index (χ0n) is 11.4. The van der Waals surface area contributed by atoms with Crippen molar-refractivity contribution in [2.24, 2.45) is 0 Å². The second-order valence-electron chi connectivity index (χ2n) is 4.27. The third-order valence-corrected chi connectivity index (χ3v) is 3.17. The summed E-state index contributed by atoms with van der Waals surface area (Å²) in [5, 5.41) is 9.48. The number of benzene rings is 2. The number of phenols is 1. The van der Waals surface area contributed by atoms with Gasteiger partial charge in [0.25, 0.3) is 11.8 Å². The summed E-state index contributed by atoms with van der Waals surface area (Å²) in [4.78, 5) is 23.3. The Bertz CT molecular complexity index is 673. The van der Waals surface area contributed by atoms with E-state index in [4.69, 9.17) is 4.74 Å². The van der Waals surface area contributed by atoms with E-state index in [0.717, 1.165) is 4.47 Å². The number of ether oxygens (including phenoxy) is 1. The number of phenolic OH excluding ortho intramolecular Hbond substituents is 1. The van der Waals surface area contributed by atoms with Gasteiger partial charge in [-0.05, 0) is 36.4 Å². The molecule has 0 heterocycles. The molecule has 0 aliphatic rings. The molecule has 2 rings (SSSR count). The van der Waals surface area contributed by atoms with E-state index in [-0.39, 0.29) is 18.1 Å². The number of hydrogen-bond acceptors (Lipinski definition) is 4. The molecular weight excluding hydrogens is 352 g/mol. The van der Waals surface area contributed by atoms with E-state index in [0.29, 0.717) is 5.56 Å². The van der Waals surface area contributed by atoms with Gasteiger partial charge in [0, 0.05) is 10.0 Å². The van der Waals surface area contributed by atoms with Gasteiger partial charge in [-0.25, -0.2) is 0 Å². The Morgan fingerprint density at radius 2 is 1.73 bits per heavy atom. The summed E-state index contributed by atoms with van der Waals surface area (Å²) < 4.78 is 5.98. The maximum atomic E-state index is 11.8. The summed E-state index contributed by atoms with van der Waals surface area (Å²) in [6.07, 6.45) is 0. The molecule has 0 aliphatic heterocycles. The molecule has 0 spiro atoms. The maximum absolute atomic E-state index is 11.8. The molecule has 0 aromatic heterocycles. The number of nitrogens with one attached hydrogen (secondary N) is 2. The highest BCUT2D eigenvalue weighted by molar-refractivity contribution is 9.10. The molecule has 114 valence electrons. The predicted octanol–water partition coefficient (Wildman–Crippen LogP) is 1.99. The largest absolute Gasteiger partial charge is 0.504 e. The topological polar surface area (TPSA) is 87.7 Å². The molecule has 6 nitrogen and oxygen atoms in total. The molecule has 0 radical (unpaired) electrons. The van der Waals surface area contributed by atoms with Gasteiger partial charge in [-0.15, -0.1) is 0 Å². The fourth-order valence-corrected chi connectivity index (χ4v) is 1.82. The molecule has 0 aliphatic carbocycles. The van der Waals surface area contributed by atoms with Crippen LogP contribution in [0.15, 0.2) is 53.0 Å². The third kappa shape index (κ3) is 4.49. The van der Waals surface area contributed by atoms with Crippen LogP contribution in [0.4, 0.5) is 0 Å². The quantitative estimate of drug-likeness (QED) is 0.724. The van der Waals surface area contributed by atoms with Crippen LogP contribution in [0.1, 0.15) is 10.4 Å². The van der Waals surface area contributed by atoms with E-state index in [2.05, 4.69) is 26.8 Å². The van der Waals surface area contributed by atoms with E-state index in [1.54, 1.807) is 36.4 Å². The number of carbonyl (C=O) groups is 2. The number of aromatic hydroxyl groups is 1. The number of amides is 2. The average molecular weight is 365 g/mol. The van der Waals surface area contributed by atoms with Gasteiger partial charge in [0.05, 0.1) is 0 Å². The summed E-state index contributed by atoms with van der Waals surface area (Å²) in [6, 6.07) is 13.0. The Morgan fingerprint density at radius 1 is 1.05 bits per heavy atom. The number of hydrogen-bond donors (Lipinski definition) is 3. The van der Waals surface area contributed by atoms with Gasteiger partial charge in [-0.1, -0.05) is 28.1 Å². The molecule has 2 amide bonds. The van der Waals surface area contributed by atoms with Crippen LogP contribution in [0.5, 0.6) is 11.5 Å². The van der Waals surface area contributed by atoms with Crippen molar-refractivity contribution in [1.29, 1.82) is 0 Å². The van der Waals surface area contributed by atoms with Crippen LogP contribution < -0.4 is 15.6 Å². The van der Waals surface area contributed by atoms with Crippen LogP contribution in [-0.4, -0.2) is 23.5 Å². The van der Waals surface area contributed by atoms with Crippen molar-refractivity contribution < 1.29 is 19.4 Å². The first-order valence-electron chi connectivity index (χ1n) is 6.32. The van der Waals surface area contributed by atoms with Gasteiger partial charge in [0.15, 0.2) is 18.1 Å². The molecule has 0 saturated heterocycles. The minimum absolute atomic E-state index is 0.0609. The molecule has 3 N–H and O–H groups in total. The highest BCUT2D eigenvalue weighted by Crippen LogP contribution is 2.23. The molecule has 22 heavy (non-hydrogen) atoms. The fraction of sp³-hybridized carbons (Fsp3) is 0.0667. The van der Waals surface area contributed by atoms with Crippen LogP contribution in [-0.2, 0) is 4.79 Å². The van der Waals surface area contributed by atoms with E-state index in [9.17, 15) is 14.7 Å². The normalized spacial score (nSPS) is 9.86. The van der Waals surface area contributed by atoms with Gasteiger partial charge < -0.3 is 9.84 Å². The van der Waals surface area contributed by atoms with Gasteiger partial charge in [-0.3, -0.25) is 20.4 Å². The Morgan fingerprint density at radius 3 is 2.41 bits per heavy atom. The Kier molecular flexibility index (Phi) is 5.37. The summed E-state index contributed by atoms with van der Waals surface area (Å²) >= 11 is 3.27. The van der Waals surface area contributed by atoms with Crippen molar-refractivity contribution in [1.82, 2.24) is 10.9 Å². The molecular formula is C15H13BrN2O4. The first-order chi connectivity index (χ1) is 10.6. The van der Waals surface area contributed by atoms with Crippen LogP contribution >= 0.6 is 15.9 Å². The summed E-state index contributed by atoms with van der Waals surface area (Å²) in [6.45, 7) is -0.335. The number of rotatable bonds is 4. The zero-order valence-corrected chi connectivity index (χ0v) is 13.0. The molecule has 2 aromatic rings. The second kappa shape index (κ2) is 7.46. The van der Waals surface area contributed by atoms with Crippen molar-refractivity contribution in [3.8, 4) is 11.5 Å². The second-order valence-corrected chi connectivity index (χ2v) is 5.18. The lowest BCUT2D eigenvalue weighted by Gasteiger charge is -2.09. The number of para-hydroxylation sites is 2. The first kappa shape index (κ1) is 15.8. The van der Waals surface area contributed by atoms with E-state index in [1.807, 2.05) is 0 Å². The fourth-order valence-electron chi connectivity index (χ4n) is 1.56. The smallest absolute Gasteiger partial charge is 0.276 e. The molecule has 0 fully saturated rings. The summed E-state index contributed by atoms with van der Waals surface area (Å²) in [7, 11) is 0. The summed E-state index contributed by atoms with van der Waals surface area (Å²) in [5.41, 5.74) is 4.91. The molecule has 0 atom stereocenters. The van der Waals surface area contributed by atoms with Crippen molar-refractivity contribution in [3.05, 3.63) is 58.6 Å². The van der Waals surface area contributed by atoms with E-state index in [1.165, 1.54) is 12.1 Å². The number of carbonyl (C=O) groups excluding carboxylic acids is 2. The zero-order chi connectivity index (χ0) is 15.9. The molecule has 0 saturated carbocycles. The Balaban J connectivity index is 1.79. The van der Waals surface area contributed by atoms with Crippen LogP contribution in [0.2, 0.25) is 0 Å². The summed E-state index contributed by atoms with van der Waals surface area (Å²) in [5.74, 6) is -0.858. The molecule has 0 unspecified atom stereocenters. The van der Waals surface area contributed by atoms with Crippen molar-refractivity contribution in [2.45, 2.75) is 0 Å². The van der Waals surface area contributed by atoms with Gasteiger partial charge in [0.2, 0.25) is 0 Å². The lowest BCUT2D eigenvalue weighted by Crippen LogP contribution is -2.43. The highest BCUT2D eigenvalue weighted by Gasteiger charge is 2.08. The van der Waals surface area contributed by atoms with E-state index < -0.39 is 11.8 Å². The SMILES string of the molecule is O=C(COc1ccccc1O)NNC(=O)c1ccc(Br)cc1. The van der Waals surface area contributed by atoms with Crippen molar-refractivity contribution >= 4 is 27.7 Å². The molecule has 7 heteroatoms. The number of halogens is 1.